The molecule has 3 aromatic carbocycles. The van der Waals surface area contributed by atoms with Gasteiger partial charge in [0, 0.05) is 11.6 Å². The maximum Gasteiger partial charge on any atom is 0.195 e. The standard InChI is InChI=1S/C28H21F2N3O/c1-2-16-34-22-12-10-21(11-13-22)20-8-6-19(7-9-20)17-33-15-14-25-26(18-33)32-28(31-25)23-4-3-5-24(29)27(23)30/h2-15,18H,1,16-17H2/p+1. The first-order valence-electron chi connectivity index (χ1n) is 10.9. The van der Waals surface area contributed by atoms with Crippen molar-refractivity contribution in [3.05, 3.63) is 115 Å². The summed E-state index contributed by atoms with van der Waals surface area (Å²) in [6, 6.07) is 22.3. The Morgan fingerprint density at radius 1 is 0.941 bits per heavy atom. The lowest BCUT2D eigenvalue weighted by Gasteiger charge is -2.06. The molecule has 2 heterocycles. The number of halogens is 2. The van der Waals surface area contributed by atoms with Crippen LogP contribution >= 0.6 is 0 Å². The SMILES string of the molecule is C=CCOc1ccc(-c2ccc(C[n+]3ccc4nc(-c5cccc(F)c5F)[nH]c4c3)cc2)cc1. The van der Waals surface area contributed by atoms with Crippen LogP contribution in [0.5, 0.6) is 5.75 Å². The van der Waals surface area contributed by atoms with E-state index in [1.165, 1.54) is 12.1 Å². The van der Waals surface area contributed by atoms with Gasteiger partial charge in [-0.1, -0.05) is 55.1 Å². The summed E-state index contributed by atoms with van der Waals surface area (Å²) in [5.41, 5.74) is 4.91. The Bertz CT molecular complexity index is 1460. The van der Waals surface area contributed by atoms with Gasteiger partial charge in [0.2, 0.25) is 0 Å². The van der Waals surface area contributed by atoms with Crippen molar-refractivity contribution in [3.63, 3.8) is 0 Å². The second-order valence-corrected chi connectivity index (χ2v) is 7.92. The van der Waals surface area contributed by atoms with Crippen LogP contribution in [-0.2, 0) is 6.54 Å². The zero-order valence-corrected chi connectivity index (χ0v) is 18.3. The lowest BCUT2D eigenvalue weighted by atomic mass is 10.0. The zero-order chi connectivity index (χ0) is 23.5. The molecule has 0 radical (unpaired) electrons. The van der Waals surface area contributed by atoms with Crippen LogP contribution in [0.1, 0.15) is 5.56 Å². The van der Waals surface area contributed by atoms with Crippen molar-refractivity contribution in [2.45, 2.75) is 6.54 Å². The molecule has 0 saturated heterocycles. The quantitative estimate of drug-likeness (QED) is 0.239. The number of fused-ring (bicyclic) bond motifs is 1. The summed E-state index contributed by atoms with van der Waals surface area (Å²) in [6.07, 6.45) is 5.56. The molecule has 168 valence electrons. The van der Waals surface area contributed by atoms with Crippen LogP contribution in [0.3, 0.4) is 0 Å². The van der Waals surface area contributed by atoms with Crippen LogP contribution in [-0.4, -0.2) is 16.6 Å². The van der Waals surface area contributed by atoms with Gasteiger partial charge in [0.15, 0.2) is 30.6 Å². The highest BCUT2D eigenvalue weighted by Gasteiger charge is 2.15. The average molecular weight is 455 g/mol. The summed E-state index contributed by atoms with van der Waals surface area (Å²) < 4.78 is 35.3. The maximum absolute atomic E-state index is 14.2. The fraction of sp³-hybridized carbons (Fsp3) is 0.0714. The Hall–Kier alpha value is -4.32. The Morgan fingerprint density at radius 2 is 1.68 bits per heavy atom. The van der Waals surface area contributed by atoms with Crippen LogP contribution in [0.2, 0.25) is 0 Å². The van der Waals surface area contributed by atoms with Crippen molar-refractivity contribution < 1.29 is 18.1 Å². The number of rotatable bonds is 7. The highest BCUT2D eigenvalue weighted by molar-refractivity contribution is 5.77. The summed E-state index contributed by atoms with van der Waals surface area (Å²) in [6.45, 7) is 4.80. The van der Waals surface area contributed by atoms with E-state index in [1.54, 1.807) is 6.08 Å². The molecule has 0 spiro atoms. The van der Waals surface area contributed by atoms with Gasteiger partial charge in [-0.25, -0.2) is 13.8 Å². The van der Waals surface area contributed by atoms with E-state index in [0.29, 0.717) is 24.5 Å². The van der Waals surface area contributed by atoms with Crippen LogP contribution in [0.4, 0.5) is 8.78 Å². The third-order valence-corrected chi connectivity index (χ3v) is 5.56. The molecule has 0 atom stereocenters. The predicted molar refractivity (Wildman–Crippen MR) is 128 cm³/mol. The molecule has 0 amide bonds. The van der Waals surface area contributed by atoms with Crippen molar-refractivity contribution in [2.75, 3.05) is 6.61 Å². The largest absolute Gasteiger partial charge is 0.490 e. The molecule has 0 bridgehead atoms. The summed E-state index contributed by atoms with van der Waals surface area (Å²) in [4.78, 5) is 7.51. The van der Waals surface area contributed by atoms with Gasteiger partial charge >= 0.3 is 0 Å². The third kappa shape index (κ3) is 4.43. The van der Waals surface area contributed by atoms with Crippen LogP contribution < -0.4 is 9.30 Å². The van der Waals surface area contributed by atoms with E-state index in [-0.39, 0.29) is 5.56 Å². The number of hydrogen-bond donors (Lipinski definition) is 1. The van der Waals surface area contributed by atoms with Crippen molar-refractivity contribution in [1.82, 2.24) is 9.97 Å². The van der Waals surface area contributed by atoms with E-state index in [1.807, 2.05) is 47.3 Å². The fourth-order valence-electron chi connectivity index (χ4n) is 3.83. The number of nitrogens with zero attached hydrogens (tertiary/aromatic N) is 2. The van der Waals surface area contributed by atoms with Crippen LogP contribution in [0.15, 0.2) is 97.8 Å². The molecule has 34 heavy (non-hydrogen) atoms. The predicted octanol–water partition coefficient (Wildman–Crippen LogP) is 6.08. The Balaban J connectivity index is 1.33. The molecule has 1 N–H and O–H groups in total. The van der Waals surface area contributed by atoms with Gasteiger partial charge in [-0.05, 0) is 35.4 Å². The minimum Gasteiger partial charge on any atom is -0.490 e. The molecule has 2 aromatic heterocycles. The van der Waals surface area contributed by atoms with Gasteiger partial charge in [-0.15, -0.1) is 0 Å². The molecule has 6 heteroatoms. The van der Waals surface area contributed by atoms with Crippen LogP contribution in [0, 0.1) is 11.6 Å². The summed E-state index contributed by atoms with van der Waals surface area (Å²) >= 11 is 0. The van der Waals surface area contributed by atoms with Crippen LogP contribution in [0.25, 0.3) is 33.5 Å². The summed E-state index contributed by atoms with van der Waals surface area (Å²) in [5.74, 6) is -0.689. The number of hydrogen-bond acceptors (Lipinski definition) is 2. The van der Waals surface area contributed by atoms with E-state index < -0.39 is 11.6 Å². The molecule has 0 aliphatic heterocycles. The molecular formula is C28H22F2N3O+. The molecular weight excluding hydrogens is 432 g/mol. The van der Waals surface area contributed by atoms with Gasteiger partial charge in [-0.3, -0.25) is 0 Å². The first kappa shape index (κ1) is 21.5. The molecule has 0 aliphatic carbocycles. The Kier molecular flexibility index (Phi) is 5.87. The molecule has 0 fully saturated rings. The summed E-state index contributed by atoms with van der Waals surface area (Å²) in [7, 11) is 0. The van der Waals surface area contributed by atoms with Gasteiger partial charge in [0.25, 0.3) is 0 Å². The first-order chi connectivity index (χ1) is 16.6. The van der Waals surface area contributed by atoms with Gasteiger partial charge in [0.05, 0.1) is 5.56 Å². The lowest BCUT2D eigenvalue weighted by molar-refractivity contribution is -0.687. The highest BCUT2D eigenvalue weighted by Crippen LogP contribution is 2.25. The topological polar surface area (TPSA) is 41.8 Å². The van der Waals surface area contributed by atoms with Gasteiger partial charge < -0.3 is 9.72 Å². The number of ether oxygens (including phenoxy) is 1. The number of pyridine rings is 1. The van der Waals surface area contributed by atoms with E-state index in [4.69, 9.17) is 4.74 Å². The van der Waals surface area contributed by atoms with E-state index >= 15 is 0 Å². The number of aromatic nitrogens is 3. The monoisotopic (exact) mass is 454 g/mol. The fourth-order valence-corrected chi connectivity index (χ4v) is 3.83. The molecule has 4 nitrogen and oxygen atoms in total. The lowest BCUT2D eigenvalue weighted by Crippen LogP contribution is -2.33. The minimum absolute atomic E-state index is 0.110. The molecule has 0 saturated carbocycles. The molecule has 5 aromatic rings. The number of H-pyrrole nitrogens is 1. The third-order valence-electron chi connectivity index (χ3n) is 5.56. The van der Waals surface area contributed by atoms with Crippen molar-refractivity contribution >= 4 is 11.0 Å². The number of benzene rings is 3. The number of nitrogens with one attached hydrogen (secondary N) is 1. The van der Waals surface area contributed by atoms with Gasteiger partial charge in [-0.2, -0.15) is 4.57 Å². The van der Waals surface area contributed by atoms with Crippen molar-refractivity contribution in [1.29, 1.82) is 0 Å². The van der Waals surface area contributed by atoms with E-state index in [0.717, 1.165) is 34.0 Å². The molecule has 0 unspecified atom stereocenters. The second kappa shape index (κ2) is 9.27. The van der Waals surface area contributed by atoms with E-state index in [9.17, 15) is 8.78 Å². The Morgan fingerprint density at radius 3 is 2.41 bits per heavy atom. The normalized spacial score (nSPS) is 11.0. The number of imidazole rings is 1. The minimum atomic E-state index is -0.909. The van der Waals surface area contributed by atoms with Gasteiger partial charge in [0.1, 0.15) is 29.2 Å². The first-order valence-corrected chi connectivity index (χ1v) is 10.9. The highest BCUT2D eigenvalue weighted by atomic mass is 19.2. The molecule has 0 aliphatic rings. The van der Waals surface area contributed by atoms with E-state index in [2.05, 4.69) is 40.8 Å². The summed E-state index contributed by atoms with van der Waals surface area (Å²) in [5, 5.41) is 0. The smallest absolute Gasteiger partial charge is 0.195 e. The maximum atomic E-state index is 14.2. The average Bonchev–Trinajstić information content (AvgIpc) is 3.28. The number of aromatic amines is 1. The van der Waals surface area contributed by atoms with Crippen molar-refractivity contribution in [2.24, 2.45) is 0 Å². The zero-order valence-electron chi connectivity index (χ0n) is 18.3. The second-order valence-electron chi connectivity index (χ2n) is 7.92. The Labute approximate surface area is 195 Å². The van der Waals surface area contributed by atoms with Crippen molar-refractivity contribution in [3.8, 4) is 28.3 Å². The molecule has 5 rings (SSSR count).